The summed E-state index contributed by atoms with van der Waals surface area (Å²) in [4.78, 5) is 2.58. The van der Waals surface area contributed by atoms with Gasteiger partial charge in [0.2, 0.25) is 0 Å². The van der Waals surface area contributed by atoms with Gasteiger partial charge in [0, 0.05) is 18.1 Å². The fourth-order valence-electron chi connectivity index (χ4n) is 3.59. The highest BCUT2D eigenvalue weighted by Gasteiger charge is 2.39. The number of hydrogen-bond acceptors (Lipinski definition) is 2. The summed E-state index contributed by atoms with van der Waals surface area (Å²) in [5, 5.41) is 3.86. The average Bonchev–Trinajstić information content (AvgIpc) is 2.37. The lowest BCUT2D eigenvalue weighted by molar-refractivity contribution is 0.0532. The highest BCUT2D eigenvalue weighted by atomic mass is 15.2. The summed E-state index contributed by atoms with van der Waals surface area (Å²) in [5.74, 6) is 0.793. The Morgan fingerprint density at radius 3 is 2.45 bits per heavy atom. The minimum atomic E-state index is 0.316. The van der Waals surface area contributed by atoms with Crippen LogP contribution in [0, 0.1) is 11.3 Å². The first kappa shape index (κ1) is 18.0. The van der Waals surface area contributed by atoms with Gasteiger partial charge in [-0.3, -0.25) is 0 Å². The molecule has 2 unspecified atom stereocenters. The standard InChI is InChI=1S/C18H38N2/c1-8-13-19-16-15(11-10-12-17(16,3)4)14-20(7)18(5,6)9-2/h15-16,19H,8-14H2,1-7H3. The zero-order chi connectivity index (χ0) is 15.4. The molecule has 0 aliphatic heterocycles. The van der Waals surface area contributed by atoms with Crippen LogP contribution in [0.4, 0.5) is 0 Å². The summed E-state index contributed by atoms with van der Waals surface area (Å²) in [6, 6.07) is 0.673. The van der Waals surface area contributed by atoms with Gasteiger partial charge in [-0.2, -0.15) is 0 Å². The normalized spacial score (nSPS) is 27.0. The molecule has 1 aliphatic rings. The molecule has 20 heavy (non-hydrogen) atoms. The smallest absolute Gasteiger partial charge is 0.0159 e. The van der Waals surface area contributed by atoms with E-state index in [0.29, 0.717) is 17.0 Å². The van der Waals surface area contributed by atoms with Crippen LogP contribution in [0.15, 0.2) is 0 Å². The predicted molar refractivity (Wildman–Crippen MR) is 90.2 cm³/mol. The molecule has 0 spiro atoms. The quantitative estimate of drug-likeness (QED) is 0.749. The van der Waals surface area contributed by atoms with Gasteiger partial charge in [-0.1, -0.05) is 34.1 Å². The summed E-state index contributed by atoms with van der Waals surface area (Å²) in [6.45, 7) is 16.6. The Balaban J connectivity index is 2.74. The molecule has 2 atom stereocenters. The number of nitrogens with one attached hydrogen (secondary N) is 1. The summed E-state index contributed by atoms with van der Waals surface area (Å²) in [5.41, 5.74) is 0.756. The second-order valence-corrected chi connectivity index (χ2v) is 8.12. The van der Waals surface area contributed by atoms with Crippen LogP contribution in [0.1, 0.15) is 73.6 Å². The van der Waals surface area contributed by atoms with E-state index in [1.165, 1.54) is 38.6 Å². The van der Waals surface area contributed by atoms with Crippen LogP contribution in [0.2, 0.25) is 0 Å². The van der Waals surface area contributed by atoms with Gasteiger partial charge in [0.25, 0.3) is 0 Å². The van der Waals surface area contributed by atoms with Crippen molar-refractivity contribution in [3.8, 4) is 0 Å². The molecule has 0 radical (unpaired) electrons. The first-order valence-electron chi connectivity index (χ1n) is 8.69. The van der Waals surface area contributed by atoms with Crippen LogP contribution in [0.5, 0.6) is 0 Å². The van der Waals surface area contributed by atoms with Crippen molar-refractivity contribution in [1.29, 1.82) is 0 Å². The fourth-order valence-corrected chi connectivity index (χ4v) is 3.59. The van der Waals surface area contributed by atoms with E-state index < -0.39 is 0 Å². The van der Waals surface area contributed by atoms with Crippen molar-refractivity contribution in [2.75, 3.05) is 20.1 Å². The second-order valence-electron chi connectivity index (χ2n) is 8.12. The topological polar surface area (TPSA) is 15.3 Å². The van der Waals surface area contributed by atoms with Crippen molar-refractivity contribution < 1.29 is 0 Å². The Morgan fingerprint density at radius 2 is 1.90 bits per heavy atom. The van der Waals surface area contributed by atoms with Crippen LogP contribution in [0.25, 0.3) is 0 Å². The van der Waals surface area contributed by atoms with Gasteiger partial charge in [0.05, 0.1) is 0 Å². The lowest BCUT2D eigenvalue weighted by Crippen LogP contribution is -2.54. The highest BCUT2D eigenvalue weighted by molar-refractivity contribution is 4.95. The maximum absolute atomic E-state index is 3.86. The molecule has 0 aromatic heterocycles. The van der Waals surface area contributed by atoms with E-state index in [0.717, 1.165) is 12.5 Å². The molecule has 1 fully saturated rings. The second kappa shape index (κ2) is 7.26. The van der Waals surface area contributed by atoms with E-state index in [-0.39, 0.29) is 0 Å². The van der Waals surface area contributed by atoms with Gasteiger partial charge in [0.15, 0.2) is 0 Å². The van der Waals surface area contributed by atoms with Crippen LogP contribution in [-0.2, 0) is 0 Å². The molecule has 0 saturated heterocycles. The minimum Gasteiger partial charge on any atom is -0.313 e. The Hall–Kier alpha value is -0.0800. The SMILES string of the molecule is CCCNC1C(CN(C)C(C)(C)CC)CCCC1(C)C. The van der Waals surface area contributed by atoms with E-state index in [2.05, 4.69) is 58.8 Å². The van der Waals surface area contributed by atoms with Gasteiger partial charge in [-0.05, 0) is 64.5 Å². The van der Waals surface area contributed by atoms with Crippen LogP contribution >= 0.6 is 0 Å². The molecule has 120 valence electrons. The maximum atomic E-state index is 3.86. The van der Waals surface area contributed by atoms with E-state index in [1.54, 1.807) is 0 Å². The Bertz CT molecular complexity index is 283. The third-order valence-corrected chi connectivity index (χ3v) is 5.73. The predicted octanol–water partition coefficient (Wildman–Crippen LogP) is 4.30. The van der Waals surface area contributed by atoms with Crippen molar-refractivity contribution >= 4 is 0 Å². The summed E-state index contributed by atoms with van der Waals surface area (Å²) >= 11 is 0. The fraction of sp³-hybridized carbons (Fsp3) is 1.00. The van der Waals surface area contributed by atoms with Gasteiger partial charge in [0.1, 0.15) is 0 Å². The molecule has 0 amide bonds. The third-order valence-electron chi connectivity index (χ3n) is 5.73. The Labute approximate surface area is 127 Å². The van der Waals surface area contributed by atoms with Gasteiger partial charge in [-0.15, -0.1) is 0 Å². The van der Waals surface area contributed by atoms with E-state index >= 15 is 0 Å². The molecule has 2 nitrogen and oxygen atoms in total. The van der Waals surface area contributed by atoms with Crippen molar-refractivity contribution in [2.45, 2.75) is 85.2 Å². The monoisotopic (exact) mass is 282 g/mol. The largest absolute Gasteiger partial charge is 0.313 e. The minimum absolute atomic E-state index is 0.316. The molecule has 1 aliphatic carbocycles. The zero-order valence-electron chi connectivity index (χ0n) is 15.1. The van der Waals surface area contributed by atoms with Crippen molar-refractivity contribution in [3.63, 3.8) is 0 Å². The van der Waals surface area contributed by atoms with Crippen molar-refractivity contribution in [1.82, 2.24) is 10.2 Å². The Morgan fingerprint density at radius 1 is 1.25 bits per heavy atom. The van der Waals surface area contributed by atoms with Crippen LogP contribution in [0.3, 0.4) is 0 Å². The summed E-state index contributed by atoms with van der Waals surface area (Å²) in [7, 11) is 2.31. The first-order chi connectivity index (χ1) is 9.24. The first-order valence-corrected chi connectivity index (χ1v) is 8.69. The molecule has 2 heteroatoms. The van der Waals surface area contributed by atoms with E-state index in [1.807, 2.05) is 0 Å². The molecule has 0 aromatic carbocycles. The van der Waals surface area contributed by atoms with E-state index in [4.69, 9.17) is 0 Å². The average molecular weight is 283 g/mol. The number of nitrogens with zero attached hydrogens (tertiary/aromatic N) is 1. The lowest BCUT2D eigenvalue weighted by Gasteiger charge is -2.47. The van der Waals surface area contributed by atoms with Gasteiger partial charge >= 0.3 is 0 Å². The van der Waals surface area contributed by atoms with Crippen molar-refractivity contribution in [3.05, 3.63) is 0 Å². The van der Waals surface area contributed by atoms with E-state index in [9.17, 15) is 0 Å². The lowest BCUT2D eigenvalue weighted by atomic mass is 9.67. The molecule has 0 aromatic rings. The molecular formula is C18H38N2. The molecule has 1 N–H and O–H groups in total. The maximum Gasteiger partial charge on any atom is 0.0159 e. The number of rotatable bonds is 7. The zero-order valence-corrected chi connectivity index (χ0v) is 15.1. The molecule has 0 bridgehead atoms. The van der Waals surface area contributed by atoms with Crippen molar-refractivity contribution in [2.24, 2.45) is 11.3 Å². The third kappa shape index (κ3) is 4.46. The summed E-state index contributed by atoms with van der Waals surface area (Å²) < 4.78 is 0. The van der Waals surface area contributed by atoms with Gasteiger partial charge in [-0.25, -0.2) is 0 Å². The van der Waals surface area contributed by atoms with Crippen LogP contribution < -0.4 is 5.32 Å². The molecule has 0 heterocycles. The molecule has 1 rings (SSSR count). The Kier molecular flexibility index (Phi) is 6.53. The summed E-state index contributed by atoms with van der Waals surface area (Å²) in [6.07, 6.45) is 6.59. The van der Waals surface area contributed by atoms with Gasteiger partial charge < -0.3 is 10.2 Å². The van der Waals surface area contributed by atoms with Crippen LogP contribution in [-0.4, -0.2) is 36.6 Å². The number of hydrogen-bond donors (Lipinski definition) is 1. The molecule has 1 saturated carbocycles. The molecular weight excluding hydrogens is 244 g/mol. The highest BCUT2D eigenvalue weighted by Crippen LogP contribution is 2.39.